The van der Waals surface area contributed by atoms with Crippen LogP contribution in [0.2, 0.25) is 4.34 Å². The van der Waals surface area contributed by atoms with Crippen molar-refractivity contribution in [2.24, 2.45) is 11.7 Å². The third-order valence-corrected chi connectivity index (χ3v) is 4.51. The summed E-state index contributed by atoms with van der Waals surface area (Å²) in [6, 6.07) is 3.73. The Kier molecular flexibility index (Phi) is 4.07. The Morgan fingerprint density at radius 1 is 1.65 bits per heavy atom. The molecule has 94 valence electrons. The Morgan fingerprint density at radius 3 is 3.00 bits per heavy atom. The molecular weight excluding hydrogens is 256 g/mol. The number of hydrogen-bond acceptors (Lipinski definition) is 3. The van der Waals surface area contributed by atoms with Crippen LogP contribution in [-0.4, -0.2) is 29.9 Å². The van der Waals surface area contributed by atoms with E-state index in [0.29, 0.717) is 21.7 Å². The summed E-state index contributed by atoms with van der Waals surface area (Å²) in [4.78, 5) is 14.9. The van der Waals surface area contributed by atoms with Crippen molar-refractivity contribution in [1.82, 2.24) is 4.90 Å². The van der Waals surface area contributed by atoms with Gasteiger partial charge in [0.25, 0.3) is 5.91 Å². The van der Waals surface area contributed by atoms with E-state index in [9.17, 15) is 4.79 Å². The SMILES string of the molecule is CC1CCN(C(=O)c2ccc(Cl)s2)C(CN)C1. The number of carbonyl (C=O) groups is 1. The molecule has 1 aliphatic rings. The zero-order valence-corrected chi connectivity index (χ0v) is 11.4. The molecule has 1 saturated heterocycles. The van der Waals surface area contributed by atoms with Gasteiger partial charge in [-0.2, -0.15) is 0 Å². The molecule has 0 spiro atoms. The molecule has 0 radical (unpaired) electrons. The van der Waals surface area contributed by atoms with Crippen molar-refractivity contribution < 1.29 is 4.79 Å². The van der Waals surface area contributed by atoms with Gasteiger partial charge in [0.2, 0.25) is 0 Å². The number of rotatable bonds is 2. The third-order valence-electron chi connectivity index (χ3n) is 3.29. The summed E-state index contributed by atoms with van der Waals surface area (Å²) in [5.74, 6) is 0.726. The van der Waals surface area contributed by atoms with Crippen LogP contribution in [0, 0.1) is 5.92 Å². The standard InChI is InChI=1S/C12H17ClN2OS/c1-8-4-5-15(9(6-8)7-14)12(16)10-2-3-11(13)17-10/h2-3,8-9H,4-7,14H2,1H3. The highest BCUT2D eigenvalue weighted by atomic mass is 35.5. The molecule has 1 amide bonds. The number of thiophene rings is 1. The van der Waals surface area contributed by atoms with E-state index in [0.717, 1.165) is 19.4 Å². The summed E-state index contributed by atoms with van der Waals surface area (Å²) >= 11 is 7.20. The molecule has 3 nitrogen and oxygen atoms in total. The maximum Gasteiger partial charge on any atom is 0.264 e. The number of hydrogen-bond donors (Lipinski definition) is 1. The molecule has 1 aliphatic heterocycles. The fraction of sp³-hybridized carbons (Fsp3) is 0.583. The summed E-state index contributed by atoms with van der Waals surface area (Å²) in [6.45, 7) is 3.55. The van der Waals surface area contributed by atoms with E-state index in [1.165, 1.54) is 11.3 Å². The van der Waals surface area contributed by atoms with Gasteiger partial charge in [-0.3, -0.25) is 4.79 Å². The first-order valence-electron chi connectivity index (χ1n) is 5.88. The average Bonchev–Trinajstić information content (AvgIpc) is 2.75. The molecule has 1 aromatic rings. The second kappa shape index (κ2) is 5.38. The second-order valence-corrected chi connectivity index (χ2v) is 6.34. The monoisotopic (exact) mass is 272 g/mol. The first kappa shape index (κ1) is 12.9. The summed E-state index contributed by atoms with van der Waals surface area (Å²) < 4.78 is 0.656. The molecule has 1 aromatic heterocycles. The quantitative estimate of drug-likeness (QED) is 0.900. The van der Waals surface area contributed by atoms with Crippen LogP contribution in [0.1, 0.15) is 29.4 Å². The van der Waals surface area contributed by atoms with Crippen molar-refractivity contribution in [3.8, 4) is 0 Å². The Labute approximate surface area is 111 Å². The summed E-state index contributed by atoms with van der Waals surface area (Å²) in [5.41, 5.74) is 5.76. The van der Waals surface area contributed by atoms with E-state index in [1.807, 2.05) is 4.90 Å². The van der Waals surface area contributed by atoms with E-state index in [-0.39, 0.29) is 11.9 Å². The lowest BCUT2D eigenvalue weighted by Crippen LogP contribution is -2.49. The lowest BCUT2D eigenvalue weighted by atomic mass is 9.92. The molecule has 0 aromatic carbocycles. The van der Waals surface area contributed by atoms with Crippen molar-refractivity contribution in [3.05, 3.63) is 21.3 Å². The first-order chi connectivity index (χ1) is 8.11. The molecule has 0 saturated carbocycles. The highest BCUT2D eigenvalue weighted by Gasteiger charge is 2.30. The molecule has 2 unspecified atom stereocenters. The van der Waals surface area contributed by atoms with Crippen LogP contribution in [-0.2, 0) is 0 Å². The van der Waals surface area contributed by atoms with Gasteiger partial charge in [-0.1, -0.05) is 18.5 Å². The highest BCUT2D eigenvalue weighted by molar-refractivity contribution is 7.17. The smallest absolute Gasteiger partial charge is 0.264 e. The van der Waals surface area contributed by atoms with Gasteiger partial charge >= 0.3 is 0 Å². The maximum absolute atomic E-state index is 12.3. The summed E-state index contributed by atoms with van der Waals surface area (Å²) in [6.07, 6.45) is 2.06. The molecule has 2 heterocycles. The number of nitrogens with two attached hydrogens (primary N) is 1. The maximum atomic E-state index is 12.3. The van der Waals surface area contributed by atoms with E-state index in [2.05, 4.69) is 6.92 Å². The first-order valence-corrected chi connectivity index (χ1v) is 7.07. The topological polar surface area (TPSA) is 46.3 Å². The largest absolute Gasteiger partial charge is 0.334 e. The molecule has 0 aliphatic carbocycles. The van der Waals surface area contributed by atoms with Gasteiger partial charge < -0.3 is 10.6 Å². The molecule has 2 rings (SSSR count). The lowest BCUT2D eigenvalue weighted by molar-refractivity contribution is 0.0578. The summed E-state index contributed by atoms with van der Waals surface area (Å²) in [7, 11) is 0. The molecule has 17 heavy (non-hydrogen) atoms. The predicted octanol–water partition coefficient (Wildman–Crippen LogP) is 2.60. The van der Waals surface area contributed by atoms with Gasteiger partial charge in [-0.05, 0) is 30.9 Å². The van der Waals surface area contributed by atoms with Crippen LogP contribution in [0.15, 0.2) is 12.1 Å². The normalized spacial score (nSPS) is 25.0. The molecule has 2 N–H and O–H groups in total. The number of halogens is 1. The average molecular weight is 273 g/mol. The van der Waals surface area contributed by atoms with Crippen LogP contribution in [0.4, 0.5) is 0 Å². The fourth-order valence-electron chi connectivity index (χ4n) is 2.31. The molecule has 0 bridgehead atoms. The van der Waals surface area contributed by atoms with Gasteiger partial charge in [0.1, 0.15) is 0 Å². The number of piperidine rings is 1. The molecule has 5 heteroatoms. The van der Waals surface area contributed by atoms with Crippen molar-refractivity contribution in [2.45, 2.75) is 25.8 Å². The number of carbonyl (C=O) groups excluding carboxylic acids is 1. The van der Waals surface area contributed by atoms with Crippen molar-refractivity contribution in [1.29, 1.82) is 0 Å². The minimum Gasteiger partial charge on any atom is -0.334 e. The minimum absolute atomic E-state index is 0.0734. The predicted molar refractivity (Wildman–Crippen MR) is 71.6 cm³/mol. The molecule has 2 atom stereocenters. The zero-order valence-electron chi connectivity index (χ0n) is 9.86. The number of likely N-dealkylation sites (tertiary alicyclic amines) is 1. The Morgan fingerprint density at radius 2 is 2.41 bits per heavy atom. The van der Waals surface area contributed by atoms with Gasteiger partial charge in [-0.25, -0.2) is 0 Å². The van der Waals surface area contributed by atoms with Crippen LogP contribution in [0.25, 0.3) is 0 Å². The van der Waals surface area contributed by atoms with E-state index < -0.39 is 0 Å². The minimum atomic E-state index is 0.0734. The van der Waals surface area contributed by atoms with Gasteiger partial charge in [-0.15, -0.1) is 11.3 Å². The van der Waals surface area contributed by atoms with Gasteiger partial charge in [0.15, 0.2) is 0 Å². The Bertz CT molecular complexity index is 407. The Hall–Kier alpha value is -0.580. The van der Waals surface area contributed by atoms with Crippen LogP contribution < -0.4 is 5.73 Å². The highest BCUT2D eigenvalue weighted by Crippen LogP contribution is 2.27. The fourth-order valence-corrected chi connectivity index (χ4v) is 3.31. The third kappa shape index (κ3) is 2.81. The Balaban J connectivity index is 2.13. The second-order valence-electron chi connectivity index (χ2n) is 4.62. The molecular formula is C12H17ClN2OS. The van der Waals surface area contributed by atoms with Crippen LogP contribution >= 0.6 is 22.9 Å². The molecule has 1 fully saturated rings. The van der Waals surface area contributed by atoms with Crippen molar-refractivity contribution in [2.75, 3.05) is 13.1 Å². The van der Waals surface area contributed by atoms with E-state index >= 15 is 0 Å². The van der Waals surface area contributed by atoms with Crippen molar-refractivity contribution in [3.63, 3.8) is 0 Å². The van der Waals surface area contributed by atoms with Gasteiger partial charge in [0, 0.05) is 19.1 Å². The lowest BCUT2D eigenvalue weighted by Gasteiger charge is -2.37. The summed E-state index contributed by atoms with van der Waals surface area (Å²) in [5, 5.41) is 0. The number of amides is 1. The number of nitrogens with zero attached hydrogens (tertiary/aromatic N) is 1. The zero-order chi connectivity index (χ0) is 12.4. The van der Waals surface area contributed by atoms with Crippen LogP contribution in [0.5, 0.6) is 0 Å². The van der Waals surface area contributed by atoms with Gasteiger partial charge in [0.05, 0.1) is 9.21 Å². The van der Waals surface area contributed by atoms with E-state index in [4.69, 9.17) is 17.3 Å². The van der Waals surface area contributed by atoms with E-state index in [1.54, 1.807) is 12.1 Å². The van der Waals surface area contributed by atoms with Crippen LogP contribution in [0.3, 0.4) is 0 Å². The van der Waals surface area contributed by atoms with Crippen molar-refractivity contribution >= 4 is 28.8 Å².